The second-order valence-electron chi connectivity index (χ2n) is 5.46. The third-order valence-corrected chi connectivity index (χ3v) is 5.01. The van der Waals surface area contributed by atoms with Crippen LogP contribution in [0.15, 0.2) is 30.3 Å². The number of nitrogens with one attached hydrogen (secondary N) is 1. The maximum atomic E-state index is 12.3. The standard InChI is InChI=1S/C17H24N2O2S/c1-2-22-15-10-6-7-11-19(13-15)16(20)12-18-17(21)14-8-4-3-5-9-14/h3-5,8-9,15H,2,6-7,10-13H2,1H3,(H,18,21). The van der Waals surface area contributed by atoms with Crippen molar-refractivity contribution < 1.29 is 9.59 Å². The van der Waals surface area contributed by atoms with Crippen LogP contribution in [0.25, 0.3) is 0 Å². The zero-order chi connectivity index (χ0) is 15.8. The van der Waals surface area contributed by atoms with Crippen molar-refractivity contribution in [3.8, 4) is 0 Å². The van der Waals surface area contributed by atoms with Crippen LogP contribution in [0.5, 0.6) is 0 Å². The number of likely N-dealkylation sites (tertiary alicyclic amines) is 1. The molecule has 0 radical (unpaired) electrons. The molecular weight excluding hydrogens is 296 g/mol. The lowest BCUT2D eigenvalue weighted by molar-refractivity contribution is -0.130. The van der Waals surface area contributed by atoms with Crippen LogP contribution >= 0.6 is 11.8 Å². The second-order valence-corrected chi connectivity index (χ2v) is 7.04. The Morgan fingerprint density at radius 1 is 1.27 bits per heavy atom. The molecule has 4 nitrogen and oxygen atoms in total. The molecule has 1 aliphatic rings. The van der Waals surface area contributed by atoms with Gasteiger partial charge in [-0.05, 0) is 30.7 Å². The van der Waals surface area contributed by atoms with Crippen molar-refractivity contribution in [2.45, 2.75) is 31.4 Å². The molecule has 1 aromatic rings. The fraction of sp³-hybridized carbons (Fsp3) is 0.529. The van der Waals surface area contributed by atoms with Gasteiger partial charge in [0.15, 0.2) is 0 Å². The van der Waals surface area contributed by atoms with Gasteiger partial charge in [-0.1, -0.05) is 31.5 Å². The van der Waals surface area contributed by atoms with Crippen molar-refractivity contribution in [3.05, 3.63) is 35.9 Å². The molecule has 1 N–H and O–H groups in total. The van der Waals surface area contributed by atoms with E-state index in [0.717, 1.165) is 25.3 Å². The van der Waals surface area contributed by atoms with Gasteiger partial charge in [0.2, 0.25) is 5.91 Å². The second kappa shape index (κ2) is 8.83. The summed E-state index contributed by atoms with van der Waals surface area (Å²) in [5.74, 6) is 0.911. The van der Waals surface area contributed by atoms with Gasteiger partial charge in [0.1, 0.15) is 0 Å². The van der Waals surface area contributed by atoms with Crippen LogP contribution in [0, 0.1) is 0 Å². The van der Waals surface area contributed by atoms with Crippen molar-refractivity contribution >= 4 is 23.6 Å². The minimum absolute atomic E-state index is 0.0212. The van der Waals surface area contributed by atoms with E-state index in [1.165, 1.54) is 12.8 Å². The Kier molecular flexibility index (Phi) is 6.77. The summed E-state index contributed by atoms with van der Waals surface area (Å²) in [5, 5.41) is 3.26. The van der Waals surface area contributed by atoms with Crippen LogP contribution in [0.2, 0.25) is 0 Å². The molecule has 0 aliphatic carbocycles. The highest BCUT2D eigenvalue weighted by Gasteiger charge is 2.22. The summed E-state index contributed by atoms with van der Waals surface area (Å²) >= 11 is 1.93. The summed E-state index contributed by atoms with van der Waals surface area (Å²) in [7, 11) is 0. The van der Waals surface area contributed by atoms with Crippen LogP contribution in [-0.4, -0.2) is 47.4 Å². The molecule has 1 aromatic carbocycles. The fourth-order valence-corrected chi connectivity index (χ4v) is 3.75. The quantitative estimate of drug-likeness (QED) is 0.907. The summed E-state index contributed by atoms with van der Waals surface area (Å²) in [6.45, 7) is 3.85. The van der Waals surface area contributed by atoms with Gasteiger partial charge in [-0.2, -0.15) is 11.8 Å². The van der Waals surface area contributed by atoms with Gasteiger partial charge in [0, 0.05) is 23.9 Å². The third kappa shape index (κ3) is 5.05. The molecule has 120 valence electrons. The van der Waals surface area contributed by atoms with Crippen LogP contribution in [0.3, 0.4) is 0 Å². The molecule has 0 saturated carbocycles. The maximum absolute atomic E-state index is 12.3. The van der Waals surface area contributed by atoms with Crippen LogP contribution in [0.1, 0.15) is 36.5 Å². The van der Waals surface area contributed by atoms with E-state index in [1.807, 2.05) is 34.9 Å². The number of nitrogens with zero attached hydrogens (tertiary/aromatic N) is 1. The predicted octanol–water partition coefficient (Wildman–Crippen LogP) is 2.55. The smallest absolute Gasteiger partial charge is 0.251 e. The number of hydrogen-bond donors (Lipinski definition) is 1. The number of rotatable bonds is 5. The predicted molar refractivity (Wildman–Crippen MR) is 91.1 cm³/mol. The van der Waals surface area contributed by atoms with Crippen molar-refractivity contribution in [1.29, 1.82) is 0 Å². The highest BCUT2D eigenvalue weighted by molar-refractivity contribution is 7.99. The summed E-state index contributed by atoms with van der Waals surface area (Å²) in [4.78, 5) is 26.2. The van der Waals surface area contributed by atoms with E-state index < -0.39 is 0 Å². The molecule has 1 fully saturated rings. The van der Waals surface area contributed by atoms with Gasteiger partial charge in [0.25, 0.3) is 5.91 Å². The molecule has 0 aromatic heterocycles. The molecule has 1 heterocycles. The number of hydrogen-bond acceptors (Lipinski definition) is 3. The van der Waals surface area contributed by atoms with Crippen LogP contribution < -0.4 is 5.32 Å². The first kappa shape index (κ1) is 16.9. The molecular formula is C17H24N2O2S. The molecule has 1 unspecified atom stereocenters. The fourth-order valence-electron chi connectivity index (χ4n) is 2.66. The van der Waals surface area contributed by atoms with Crippen LogP contribution in [-0.2, 0) is 4.79 Å². The lowest BCUT2D eigenvalue weighted by Crippen LogP contribution is -2.42. The monoisotopic (exact) mass is 320 g/mol. The summed E-state index contributed by atoms with van der Waals surface area (Å²) in [6, 6.07) is 9.00. The molecule has 1 saturated heterocycles. The van der Waals surface area contributed by atoms with E-state index in [0.29, 0.717) is 10.8 Å². The van der Waals surface area contributed by atoms with Crippen LogP contribution in [0.4, 0.5) is 0 Å². The Morgan fingerprint density at radius 2 is 2.05 bits per heavy atom. The Morgan fingerprint density at radius 3 is 2.77 bits per heavy atom. The summed E-state index contributed by atoms with van der Waals surface area (Å²) < 4.78 is 0. The number of amides is 2. The maximum Gasteiger partial charge on any atom is 0.251 e. The molecule has 1 aliphatic heterocycles. The Hall–Kier alpha value is -1.49. The topological polar surface area (TPSA) is 49.4 Å². The lowest BCUT2D eigenvalue weighted by atomic mass is 10.2. The Balaban J connectivity index is 1.84. The number of benzene rings is 1. The minimum atomic E-state index is -0.191. The highest BCUT2D eigenvalue weighted by atomic mass is 32.2. The summed E-state index contributed by atoms with van der Waals surface area (Å²) in [6.07, 6.45) is 3.41. The number of carbonyl (C=O) groups excluding carboxylic acids is 2. The third-order valence-electron chi connectivity index (χ3n) is 3.82. The first-order chi connectivity index (χ1) is 10.7. The minimum Gasteiger partial charge on any atom is -0.343 e. The molecule has 2 rings (SSSR count). The van der Waals surface area contributed by atoms with E-state index in [-0.39, 0.29) is 18.4 Å². The van der Waals surface area contributed by atoms with E-state index in [2.05, 4.69) is 12.2 Å². The lowest BCUT2D eigenvalue weighted by Gasteiger charge is -2.24. The molecule has 1 atom stereocenters. The Labute approximate surface area is 136 Å². The van der Waals surface area contributed by atoms with Gasteiger partial charge >= 0.3 is 0 Å². The van der Waals surface area contributed by atoms with E-state index >= 15 is 0 Å². The van der Waals surface area contributed by atoms with E-state index in [4.69, 9.17) is 0 Å². The first-order valence-corrected chi connectivity index (χ1v) is 8.98. The average Bonchev–Trinajstić information content (AvgIpc) is 2.79. The molecule has 2 amide bonds. The van der Waals surface area contributed by atoms with Gasteiger partial charge in [-0.25, -0.2) is 0 Å². The number of thioether (sulfide) groups is 1. The Bertz CT molecular complexity index is 493. The first-order valence-electron chi connectivity index (χ1n) is 7.93. The highest BCUT2D eigenvalue weighted by Crippen LogP contribution is 2.21. The van der Waals surface area contributed by atoms with Crippen molar-refractivity contribution in [2.24, 2.45) is 0 Å². The van der Waals surface area contributed by atoms with Crippen molar-refractivity contribution in [2.75, 3.05) is 25.4 Å². The molecule has 5 heteroatoms. The molecule has 0 spiro atoms. The zero-order valence-electron chi connectivity index (χ0n) is 13.1. The van der Waals surface area contributed by atoms with Crippen molar-refractivity contribution in [3.63, 3.8) is 0 Å². The molecule has 22 heavy (non-hydrogen) atoms. The zero-order valence-corrected chi connectivity index (χ0v) is 13.9. The molecule has 0 bridgehead atoms. The van der Waals surface area contributed by atoms with Gasteiger partial charge in [-0.15, -0.1) is 0 Å². The van der Waals surface area contributed by atoms with Gasteiger partial charge in [-0.3, -0.25) is 9.59 Å². The van der Waals surface area contributed by atoms with Gasteiger partial charge < -0.3 is 10.2 Å². The van der Waals surface area contributed by atoms with Gasteiger partial charge in [0.05, 0.1) is 6.54 Å². The number of carbonyl (C=O) groups is 2. The van der Waals surface area contributed by atoms with Crippen molar-refractivity contribution in [1.82, 2.24) is 10.2 Å². The summed E-state index contributed by atoms with van der Waals surface area (Å²) in [5.41, 5.74) is 0.589. The SMILES string of the molecule is CCSC1CCCCN(C(=O)CNC(=O)c2ccccc2)C1. The average molecular weight is 320 g/mol. The normalized spacial score (nSPS) is 18.6. The largest absolute Gasteiger partial charge is 0.343 e. The van der Waals surface area contributed by atoms with E-state index in [1.54, 1.807) is 12.1 Å². The van der Waals surface area contributed by atoms with E-state index in [9.17, 15) is 9.59 Å².